The lowest BCUT2D eigenvalue weighted by atomic mass is 9.65. The fraction of sp³-hybridized carbons (Fsp3) is 0.364. The number of carbonyl (C=O) groups excluding carboxylic acids is 2. The van der Waals surface area contributed by atoms with E-state index in [0.717, 1.165) is 11.4 Å². The molecule has 1 aliphatic carbocycles. The highest BCUT2D eigenvalue weighted by molar-refractivity contribution is 5.94. The second kappa shape index (κ2) is 7.06. The smallest absolute Gasteiger partial charge is 0.228 e. The molecule has 2 N–H and O–H groups in total. The summed E-state index contributed by atoms with van der Waals surface area (Å²) in [5.74, 6) is -1.60. The number of carboxylic acids is 1. The molecule has 0 bridgehead atoms. The van der Waals surface area contributed by atoms with E-state index in [1.54, 1.807) is 6.92 Å². The number of carbonyl (C=O) groups is 2. The minimum absolute atomic E-state index is 0.145. The molecule has 0 saturated heterocycles. The molecule has 3 rings (SSSR count). The maximum atomic E-state index is 12.8. The first-order valence-electron chi connectivity index (χ1n) is 9.18. The molecule has 142 valence electrons. The molecule has 1 fully saturated rings. The third-order valence-corrected chi connectivity index (χ3v) is 6.21. The van der Waals surface area contributed by atoms with Gasteiger partial charge in [-0.05, 0) is 54.7 Å². The Morgan fingerprint density at radius 2 is 1.48 bits per heavy atom. The second-order valence-electron chi connectivity index (χ2n) is 7.99. The molecular formula is C22H25N2O3-. The van der Waals surface area contributed by atoms with Gasteiger partial charge in [0.1, 0.15) is 0 Å². The third-order valence-electron chi connectivity index (χ3n) is 6.21. The van der Waals surface area contributed by atoms with E-state index in [4.69, 9.17) is 0 Å². The van der Waals surface area contributed by atoms with Crippen LogP contribution in [0, 0.1) is 16.7 Å². The predicted molar refractivity (Wildman–Crippen MR) is 104 cm³/mol. The summed E-state index contributed by atoms with van der Waals surface area (Å²) in [4.78, 5) is 24.4. The van der Waals surface area contributed by atoms with Crippen LogP contribution in [-0.2, 0) is 9.59 Å². The van der Waals surface area contributed by atoms with E-state index < -0.39 is 16.8 Å². The minimum Gasteiger partial charge on any atom is -0.550 e. The molecule has 0 aromatic heterocycles. The van der Waals surface area contributed by atoms with Crippen molar-refractivity contribution in [3.63, 3.8) is 0 Å². The van der Waals surface area contributed by atoms with Crippen LogP contribution in [0.4, 0.5) is 17.1 Å². The first kappa shape index (κ1) is 19.0. The molecule has 0 unspecified atom stereocenters. The van der Waals surface area contributed by atoms with Crippen molar-refractivity contribution in [2.75, 3.05) is 10.6 Å². The average molecular weight is 365 g/mol. The van der Waals surface area contributed by atoms with Gasteiger partial charge in [0, 0.05) is 34.4 Å². The molecule has 2 aromatic carbocycles. The van der Waals surface area contributed by atoms with Crippen molar-refractivity contribution in [1.29, 1.82) is 0 Å². The van der Waals surface area contributed by atoms with Crippen LogP contribution in [0.25, 0.3) is 0 Å². The molecule has 0 heterocycles. The maximum Gasteiger partial charge on any atom is 0.228 e. The van der Waals surface area contributed by atoms with Crippen LogP contribution in [0.3, 0.4) is 0 Å². The van der Waals surface area contributed by atoms with Gasteiger partial charge in [0.05, 0.1) is 0 Å². The second-order valence-corrected chi connectivity index (χ2v) is 7.99. The number of carboxylic acid groups (broad SMARTS) is 1. The van der Waals surface area contributed by atoms with Crippen molar-refractivity contribution in [3.8, 4) is 0 Å². The number of rotatable bonds is 5. The van der Waals surface area contributed by atoms with E-state index in [0.29, 0.717) is 18.5 Å². The van der Waals surface area contributed by atoms with Gasteiger partial charge < -0.3 is 20.5 Å². The lowest BCUT2D eigenvalue weighted by Crippen LogP contribution is -2.49. The Morgan fingerprint density at radius 1 is 0.926 bits per heavy atom. The number of aliphatic carboxylic acids is 1. The monoisotopic (exact) mass is 365 g/mol. The van der Waals surface area contributed by atoms with Gasteiger partial charge in [-0.3, -0.25) is 4.79 Å². The van der Waals surface area contributed by atoms with Crippen LogP contribution in [0.2, 0.25) is 0 Å². The average Bonchev–Trinajstić information content (AvgIpc) is 2.88. The van der Waals surface area contributed by atoms with Gasteiger partial charge in [-0.25, -0.2) is 0 Å². The number of hydrogen-bond acceptors (Lipinski definition) is 4. The van der Waals surface area contributed by atoms with Gasteiger partial charge in [0.15, 0.2) is 0 Å². The lowest BCUT2D eigenvalue weighted by molar-refractivity contribution is -0.323. The van der Waals surface area contributed by atoms with Crippen molar-refractivity contribution >= 4 is 28.9 Å². The molecule has 5 nitrogen and oxygen atoms in total. The quantitative estimate of drug-likeness (QED) is 0.849. The number of benzene rings is 2. The predicted octanol–water partition coefficient (Wildman–Crippen LogP) is 3.56. The van der Waals surface area contributed by atoms with Gasteiger partial charge in [0.25, 0.3) is 0 Å². The van der Waals surface area contributed by atoms with Crippen LogP contribution in [0.15, 0.2) is 54.6 Å². The highest BCUT2D eigenvalue weighted by Crippen LogP contribution is 2.55. The van der Waals surface area contributed by atoms with Gasteiger partial charge >= 0.3 is 0 Å². The summed E-state index contributed by atoms with van der Waals surface area (Å²) in [6.45, 7) is 5.36. The highest BCUT2D eigenvalue weighted by atomic mass is 16.4. The summed E-state index contributed by atoms with van der Waals surface area (Å²) in [5, 5.41) is 17.8. The zero-order chi connectivity index (χ0) is 19.7. The van der Waals surface area contributed by atoms with Crippen molar-refractivity contribution < 1.29 is 14.7 Å². The minimum atomic E-state index is -1.08. The Morgan fingerprint density at radius 3 is 2.04 bits per heavy atom. The standard InChI is InChI=1S/C22H26N2O3/c1-21(2)18(13-14-22(21,3)20(26)27)19(25)24-17-11-9-16(10-12-17)23-15-7-5-4-6-8-15/h4-12,18,23H,13-14H2,1-3H3,(H,24,25)(H,26,27)/p-1/t18-,22+/m0/s1. The van der Waals surface area contributed by atoms with Crippen LogP contribution in [0.1, 0.15) is 33.6 Å². The molecule has 1 aliphatic rings. The van der Waals surface area contributed by atoms with E-state index in [9.17, 15) is 14.7 Å². The Hall–Kier alpha value is -2.82. The van der Waals surface area contributed by atoms with Gasteiger partial charge in [-0.2, -0.15) is 0 Å². The normalized spacial score (nSPS) is 23.6. The summed E-state index contributed by atoms with van der Waals surface area (Å²) in [6.07, 6.45) is 0.983. The first-order chi connectivity index (χ1) is 12.7. The number of anilines is 3. The van der Waals surface area contributed by atoms with E-state index in [2.05, 4.69) is 10.6 Å². The van der Waals surface area contributed by atoms with E-state index in [-0.39, 0.29) is 11.8 Å². The zero-order valence-corrected chi connectivity index (χ0v) is 15.9. The molecule has 0 spiro atoms. The zero-order valence-electron chi connectivity index (χ0n) is 15.9. The molecule has 1 saturated carbocycles. The maximum absolute atomic E-state index is 12.8. The molecule has 0 aliphatic heterocycles. The van der Waals surface area contributed by atoms with E-state index in [1.807, 2.05) is 68.4 Å². The van der Waals surface area contributed by atoms with Crippen molar-refractivity contribution in [2.45, 2.75) is 33.6 Å². The number of amides is 1. The van der Waals surface area contributed by atoms with Crippen molar-refractivity contribution in [1.82, 2.24) is 0 Å². The van der Waals surface area contributed by atoms with Gasteiger partial charge in [-0.15, -0.1) is 0 Å². The molecule has 27 heavy (non-hydrogen) atoms. The van der Waals surface area contributed by atoms with Gasteiger partial charge in [-0.1, -0.05) is 39.0 Å². The van der Waals surface area contributed by atoms with E-state index in [1.165, 1.54) is 0 Å². The molecule has 5 heteroatoms. The van der Waals surface area contributed by atoms with Crippen LogP contribution < -0.4 is 15.7 Å². The number of nitrogens with one attached hydrogen (secondary N) is 2. The number of para-hydroxylation sites is 1. The Bertz CT molecular complexity index is 830. The summed E-state index contributed by atoms with van der Waals surface area (Å²) >= 11 is 0. The van der Waals surface area contributed by atoms with Crippen LogP contribution in [-0.4, -0.2) is 11.9 Å². The molecule has 2 aromatic rings. The fourth-order valence-corrected chi connectivity index (χ4v) is 3.88. The highest BCUT2D eigenvalue weighted by Gasteiger charge is 2.54. The van der Waals surface area contributed by atoms with Crippen LogP contribution >= 0.6 is 0 Å². The Kier molecular flexibility index (Phi) is 4.96. The fourth-order valence-electron chi connectivity index (χ4n) is 3.88. The third kappa shape index (κ3) is 3.54. The summed E-state index contributed by atoms with van der Waals surface area (Å²) in [7, 11) is 0. The molecule has 0 radical (unpaired) electrons. The molecule has 2 atom stereocenters. The topological polar surface area (TPSA) is 81.3 Å². The SMILES string of the molecule is CC1(C)[C@H](C(=O)Nc2ccc(Nc3ccccc3)cc2)CC[C@]1(C)C(=O)[O-]. The largest absolute Gasteiger partial charge is 0.550 e. The summed E-state index contributed by atoms with van der Waals surface area (Å²) in [5.41, 5.74) is 0.924. The van der Waals surface area contributed by atoms with Crippen LogP contribution in [0.5, 0.6) is 0 Å². The van der Waals surface area contributed by atoms with Crippen molar-refractivity contribution in [3.05, 3.63) is 54.6 Å². The van der Waals surface area contributed by atoms with Crippen molar-refractivity contribution in [2.24, 2.45) is 16.7 Å². The summed E-state index contributed by atoms with van der Waals surface area (Å²) in [6, 6.07) is 17.3. The molecular weight excluding hydrogens is 340 g/mol. The molecule has 1 amide bonds. The van der Waals surface area contributed by atoms with E-state index >= 15 is 0 Å². The number of hydrogen-bond donors (Lipinski definition) is 2. The first-order valence-corrected chi connectivity index (χ1v) is 9.18. The Balaban J connectivity index is 1.67. The van der Waals surface area contributed by atoms with Gasteiger partial charge in [0.2, 0.25) is 5.91 Å². The summed E-state index contributed by atoms with van der Waals surface area (Å²) < 4.78 is 0. The Labute approximate surface area is 159 Å². The lowest BCUT2D eigenvalue weighted by Gasteiger charge is -2.41.